The standard InChI is InChI=1S/C16H17N3OS/c1-10-4-9-14(11(2)18-10)16(20)19(3)13-7-5-12(6-8-13)15(17)21/h4-9H,1-3H3,(H2,17,21). The SMILES string of the molecule is Cc1ccc(C(=O)N(C)c2ccc(C(N)=S)cc2)c(C)n1. The van der Waals surface area contributed by atoms with E-state index in [1.807, 2.05) is 44.2 Å². The Morgan fingerprint density at radius 1 is 1.14 bits per heavy atom. The van der Waals surface area contributed by atoms with Gasteiger partial charge in [0.25, 0.3) is 5.91 Å². The molecule has 5 heteroatoms. The number of nitrogens with two attached hydrogens (primary N) is 1. The van der Waals surface area contributed by atoms with Crippen molar-refractivity contribution in [1.82, 2.24) is 4.98 Å². The first-order valence-corrected chi connectivity index (χ1v) is 6.93. The number of rotatable bonds is 3. The maximum Gasteiger partial charge on any atom is 0.259 e. The van der Waals surface area contributed by atoms with Crippen LogP contribution in [0.25, 0.3) is 0 Å². The molecule has 2 rings (SSSR count). The Labute approximate surface area is 129 Å². The summed E-state index contributed by atoms with van der Waals surface area (Å²) in [5.74, 6) is -0.0944. The van der Waals surface area contributed by atoms with Gasteiger partial charge >= 0.3 is 0 Å². The van der Waals surface area contributed by atoms with Crippen molar-refractivity contribution in [2.24, 2.45) is 5.73 Å². The van der Waals surface area contributed by atoms with Crippen LogP contribution in [-0.4, -0.2) is 22.9 Å². The number of aromatic nitrogens is 1. The van der Waals surface area contributed by atoms with Gasteiger partial charge in [0.15, 0.2) is 0 Å². The lowest BCUT2D eigenvalue weighted by atomic mass is 10.1. The van der Waals surface area contributed by atoms with E-state index in [0.29, 0.717) is 10.6 Å². The van der Waals surface area contributed by atoms with E-state index in [0.717, 1.165) is 22.6 Å². The normalized spacial score (nSPS) is 10.2. The molecule has 4 nitrogen and oxygen atoms in total. The van der Waals surface area contributed by atoms with Gasteiger partial charge in [0.05, 0.1) is 11.3 Å². The summed E-state index contributed by atoms with van der Waals surface area (Å²) in [6.45, 7) is 3.74. The molecule has 1 amide bonds. The summed E-state index contributed by atoms with van der Waals surface area (Å²) in [5.41, 5.74) is 9.35. The molecule has 0 radical (unpaired) electrons. The minimum absolute atomic E-state index is 0.0944. The summed E-state index contributed by atoms with van der Waals surface area (Å²) in [4.78, 5) is 18.8. The molecule has 0 spiro atoms. The largest absolute Gasteiger partial charge is 0.389 e. The number of hydrogen-bond donors (Lipinski definition) is 1. The average Bonchev–Trinajstić information content (AvgIpc) is 2.46. The van der Waals surface area contributed by atoms with Gasteiger partial charge in [-0.05, 0) is 50.2 Å². The van der Waals surface area contributed by atoms with Crippen molar-refractivity contribution in [3.8, 4) is 0 Å². The zero-order chi connectivity index (χ0) is 15.6. The lowest BCUT2D eigenvalue weighted by Crippen LogP contribution is -2.27. The molecular weight excluding hydrogens is 282 g/mol. The summed E-state index contributed by atoms with van der Waals surface area (Å²) in [7, 11) is 1.73. The monoisotopic (exact) mass is 299 g/mol. The second kappa shape index (κ2) is 6.01. The quantitative estimate of drug-likeness (QED) is 0.885. The molecule has 0 bridgehead atoms. The fourth-order valence-corrected chi connectivity index (χ4v) is 2.20. The number of pyridine rings is 1. The Hall–Kier alpha value is -2.27. The summed E-state index contributed by atoms with van der Waals surface area (Å²) in [5, 5.41) is 0. The van der Waals surface area contributed by atoms with E-state index in [9.17, 15) is 4.79 Å². The van der Waals surface area contributed by atoms with Crippen molar-refractivity contribution in [2.45, 2.75) is 13.8 Å². The Morgan fingerprint density at radius 3 is 2.29 bits per heavy atom. The van der Waals surface area contributed by atoms with E-state index < -0.39 is 0 Å². The van der Waals surface area contributed by atoms with Crippen molar-refractivity contribution in [1.29, 1.82) is 0 Å². The molecule has 0 aliphatic heterocycles. The number of aryl methyl sites for hydroxylation is 2. The molecule has 21 heavy (non-hydrogen) atoms. The third-order valence-electron chi connectivity index (χ3n) is 3.30. The first-order chi connectivity index (χ1) is 9.90. The highest BCUT2D eigenvalue weighted by atomic mass is 32.1. The smallest absolute Gasteiger partial charge is 0.259 e. The molecule has 0 saturated heterocycles. The van der Waals surface area contributed by atoms with E-state index in [4.69, 9.17) is 18.0 Å². The molecule has 0 aliphatic carbocycles. The zero-order valence-electron chi connectivity index (χ0n) is 12.3. The van der Waals surface area contributed by atoms with Crippen LogP contribution in [-0.2, 0) is 0 Å². The van der Waals surface area contributed by atoms with Crippen LogP contribution in [0.1, 0.15) is 27.3 Å². The van der Waals surface area contributed by atoms with E-state index in [2.05, 4.69) is 4.98 Å². The summed E-state index contributed by atoms with van der Waals surface area (Å²) < 4.78 is 0. The molecular formula is C16H17N3OS. The minimum Gasteiger partial charge on any atom is -0.389 e. The number of benzene rings is 1. The van der Waals surface area contributed by atoms with Crippen molar-refractivity contribution < 1.29 is 4.79 Å². The van der Waals surface area contributed by atoms with Crippen LogP contribution >= 0.6 is 12.2 Å². The second-order valence-corrected chi connectivity index (χ2v) is 5.30. The number of nitrogens with zero attached hydrogens (tertiary/aromatic N) is 2. The van der Waals surface area contributed by atoms with Gasteiger partial charge in [-0.15, -0.1) is 0 Å². The molecule has 0 atom stereocenters. The summed E-state index contributed by atoms with van der Waals surface area (Å²) in [6.07, 6.45) is 0. The van der Waals surface area contributed by atoms with E-state index >= 15 is 0 Å². The maximum absolute atomic E-state index is 12.5. The van der Waals surface area contributed by atoms with Crippen LogP contribution in [0.5, 0.6) is 0 Å². The molecule has 0 fully saturated rings. The number of anilines is 1. The second-order valence-electron chi connectivity index (χ2n) is 4.86. The van der Waals surface area contributed by atoms with Crippen molar-refractivity contribution in [3.63, 3.8) is 0 Å². The zero-order valence-corrected chi connectivity index (χ0v) is 13.1. The van der Waals surface area contributed by atoms with Crippen molar-refractivity contribution >= 4 is 28.8 Å². The first-order valence-electron chi connectivity index (χ1n) is 6.52. The Kier molecular flexibility index (Phi) is 4.33. The number of amides is 1. The molecule has 1 aromatic heterocycles. The molecule has 0 saturated carbocycles. The van der Waals surface area contributed by atoms with Crippen LogP contribution in [0.2, 0.25) is 0 Å². The average molecular weight is 299 g/mol. The van der Waals surface area contributed by atoms with Crippen LogP contribution < -0.4 is 10.6 Å². The number of thiocarbonyl (C=S) groups is 1. The molecule has 2 N–H and O–H groups in total. The molecule has 1 heterocycles. The Bertz CT molecular complexity index is 695. The van der Waals surface area contributed by atoms with Gasteiger partial charge < -0.3 is 10.6 Å². The Morgan fingerprint density at radius 2 is 1.76 bits per heavy atom. The highest BCUT2D eigenvalue weighted by Gasteiger charge is 2.16. The first kappa shape index (κ1) is 15.1. The maximum atomic E-state index is 12.5. The van der Waals surface area contributed by atoms with Gasteiger partial charge in [0.2, 0.25) is 0 Å². The van der Waals surface area contributed by atoms with E-state index in [1.165, 1.54) is 0 Å². The lowest BCUT2D eigenvalue weighted by Gasteiger charge is -2.18. The van der Waals surface area contributed by atoms with Gasteiger partial charge in [-0.2, -0.15) is 0 Å². The fourth-order valence-electron chi connectivity index (χ4n) is 2.06. The molecule has 0 aliphatic rings. The molecule has 2 aromatic rings. The van der Waals surface area contributed by atoms with Gasteiger partial charge in [-0.1, -0.05) is 12.2 Å². The number of carbonyl (C=O) groups excluding carboxylic acids is 1. The number of carbonyl (C=O) groups is 1. The molecule has 1 aromatic carbocycles. The van der Waals surface area contributed by atoms with Gasteiger partial charge in [-0.25, -0.2) is 0 Å². The van der Waals surface area contributed by atoms with Crippen molar-refractivity contribution in [3.05, 3.63) is 58.9 Å². The predicted molar refractivity (Wildman–Crippen MR) is 88.8 cm³/mol. The summed E-state index contributed by atoms with van der Waals surface area (Å²) >= 11 is 4.92. The van der Waals surface area contributed by atoms with E-state index in [-0.39, 0.29) is 5.91 Å². The third-order valence-corrected chi connectivity index (χ3v) is 3.53. The van der Waals surface area contributed by atoms with E-state index in [1.54, 1.807) is 18.0 Å². The summed E-state index contributed by atoms with van der Waals surface area (Å²) in [6, 6.07) is 10.9. The lowest BCUT2D eigenvalue weighted by molar-refractivity contribution is 0.0992. The number of hydrogen-bond acceptors (Lipinski definition) is 3. The fraction of sp³-hybridized carbons (Fsp3) is 0.188. The van der Waals surface area contributed by atoms with Crippen LogP contribution in [0.15, 0.2) is 36.4 Å². The highest BCUT2D eigenvalue weighted by Crippen LogP contribution is 2.18. The predicted octanol–water partition coefficient (Wildman–Crippen LogP) is 2.61. The third kappa shape index (κ3) is 3.25. The molecule has 0 unspecified atom stereocenters. The minimum atomic E-state index is -0.0944. The van der Waals surface area contributed by atoms with Crippen LogP contribution in [0, 0.1) is 13.8 Å². The van der Waals surface area contributed by atoms with Crippen LogP contribution in [0.4, 0.5) is 5.69 Å². The van der Waals surface area contributed by atoms with Crippen LogP contribution in [0.3, 0.4) is 0 Å². The highest BCUT2D eigenvalue weighted by molar-refractivity contribution is 7.80. The Balaban J connectivity index is 2.28. The van der Waals surface area contributed by atoms with Gasteiger partial charge in [-0.3, -0.25) is 9.78 Å². The topological polar surface area (TPSA) is 59.2 Å². The van der Waals surface area contributed by atoms with Gasteiger partial charge in [0, 0.05) is 24.0 Å². The molecule has 108 valence electrons. The van der Waals surface area contributed by atoms with Crippen molar-refractivity contribution in [2.75, 3.05) is 11.9 Å². The van der Waals surface area contributed by atoms with Gasteiger partial charge in [0.1, 0.15) is 4.99 Å².